The van der Waals surface area contributed by atoms with Crippen molar-refractivity contribution in [3.8, 4) is 5.75 Å². The minimum absolute atomic E-state index is 0.423. The zero-order valence-corrected chi connectivity index (χ0v) is 12.0. The summed E-state index contributed by atoms with van der Waals surface area (Å²) in [4.78, 5) is 0. The SMILES string of the molecule is COCCCOc1cc(CCl)c(Br)cc1Cl. The lowest BCUT2D eigenvalue weighted by molar-refractivity contribution is 0.172. The van der Waals surface area contributed by atoms with Crippen LogP contribution in [0, 0.1) is 0 Å². The molecular weight excluding hydrogens is 315 g/mol. The molecule has 0 spiro atoms. The zero-order valence-electron chi connectivity index (χ0n) is 8.93. The van der Waals surface area contributed by atoms with Crippen molar-refractivity contribution in [3.63, 3.8) is 0 Å². The molecule has 0 bridgehead atoms. The summed E-state index contributed by atoms with van der Waals surface area (Å²) < 4.78 is 11.4. The number of methoxy groups -OCH3 is 1. The largest absolute Gasteiger partial charge is 0.492 e. The van der Waals surface area contributed by atoms with Gasteiger partial charge in [0.25, 0.3) is 0 Å². The molecule has 1 aromatic carbocycles. The lowest BCUT2D eigenvalue weighted by Crippen LogP contribution is -2.02. The van der Waals surface area contributed by atoms with Crippen molar-refractivity contribution >= 4 is 39.1 Å². The molecule has 0 atom stereocenters. The van der Waals surface area contributed by atoms with Gasteiger partial charge in [-0.25, -0.2) is 0 Å². The average molecular weight is 328 g/mol. The molecule has 0 aliphatic heterocycles. The second-order valence-electron chi connectivity index (χ2n) is 3.20. The molecule has 0 aliphatic rings. The topological polar surface area (TPSA) is 18.5 Å². The summed E-state index contributed by atoms with van der Waals surface area (Å²) in [5, 5.41) is 0.582. The Morgan fingerprint density at radius 2 is 2.06 bits per heavy atom. The number of hydrogen-bond acceptors (Lipinski definition) is 2. The highest BCUT2D eigenvalue weighted by molar-refractivity contribution is 9.10. The zero-order chi connectivity index (χ0) is 12.0. The number of rotatable bonds is 6. The second kappa shape index (κ2) is 7.38. The van der Waals surface area contributed by atoms with Gasteiger partial charge in [-0.1, -0.05) is 27.5 Å². The molecule has 1 aromatic rings. The van der Waals surface area contributed by atoms with Crippen LogP contribution < -0.4 is 4.74 Å². The van der Waals surface area contributed by atoms with Crippen LogP contribution in [-0.4, -0.2) is 20.3 Å². The van der Waals surface area contributed by atoms with Crippen LogP contribution in [0.3, 0.4) is 0 Å². The van der Waals surface area contributed by atoms with E-state index in [0.717, 1.165) is 16.5 Å². The highest BCUT2D eigenvalue weighted by Crippen LogP contribution is 2.32. The number of ether oxygens (including phenoxy) is 2. The van der Waals surface area contributed by atoms with Gasteiger partial charge in [0.1, 0.15) is 5.75 Å². The van der Waals surface area contributed by atoms with Crippen LogP contribution in [0.25, 0.3) is 0 Å². The molecule has 90 valence electrons. The summed E-state index contributed by atoms with van der Waals surface area (Å²) in [7, 11) is 1.66. The first-order chi connectivity index (χ1) is 7.69. The van der Waals surface area contributed by atoms with Crippen LogP contribution in [0.15, 0.2) is 16.6 Å². The first-order valence-electron chi connectivity index (χ1n) is 4.84. The predicted molar refractivity (Wildman–Crippen MR) is 70.7 cm³/mol. The summed E-state index contributed by atoms with van der Waals surface area (Å²) >= 11 is 15.2. The number of alkyl halides is 1. The number of halogens is 3. The van der Waals surface area contributed by atoms with E-state index >= 15 is 0 Å². The Morgan fingerprint density at radius 1 is 1.31 bits per heavy atom. The fourth-order valence-corrected chi connectivity index (χ4v) is 2.39. The predicted octanol–water partition coefficient (Wildman–Crippen LogP) is 4.26. The van der Waals surface area contributed by atoms with E-state index < -0.39 is 0 Å². The summed E-state index contributed by atoms with van der Waals surface area (Å²) in [6, 6.07) is 3.65. The van der Waals surface area contributed by atoms with Gasteiger partial charge in [-0.3, -0.25) is 0 Å². The smallest absolute Gasteiger partial charge is 0.138 e. The van der Waals surface area contributed by atoms with Gasteiger partial charge in [0.05, 0.1) is 11.6 Å². The molecule has 0 fully saturated rings. The van der Waals surface area contributed by atoms with E-state index in [1.807, 2.05) is 6.07 Å². The monoisotopic (exact) mass is 326 g/mol. The third kappa shape index (κ3) is 4.13. The molecule has 0 aromatic heterocycles. The molecule has 0 saturated heterocycles. The van der Waals surface area contributed by atoms with E-state index in [0.29, 0.717) is 29.9 Å². The Bertz CT molecular complexity index is 345. The molecule has 0 unspecified atom stereocenters. The quantitative estimate of drug-likeness (QED) is 0.574. The second-order valence-corrected chi connectivity index (χ2v) is 4.73. The summed E-state index contributed by atoms with van der Waals surface area (Å²) in [6.45, 7) is 1.26. The number of hydrogen-bond donors (Lipinski definition) is 0. The normalized spacial score (nSPS) is 10.5. The first kappa shape index (κ1) is 14.1. The van der Waals surface area contributed by atoms with Crippen molar-refractivity contribution in [1.82, 2.24) is 0 Å². The van der Waals surface area contributed by atoms with Crippen LogP contribution in [0.5, 0.6) is 5.75 Å². The molecule has 1 rings (SSSR count). The molecule has 0 amide bonds. The van der Waals surface area contributed by atoms with Gasteiger partial charge in [0.2, 0.25) is 0 Å². The number of benzene rings is 1. The third-order valence-corrected chi connectivity index (χ3v) is 3.32. The maximum Gasteiger partial charge on any atom is 0.138 e. The van der Waals surface area contributed by atoms with Gasteiger partial charge in [-0.15, -0.1) is 11.6 Å². The van der Waals surface area contributed by atoms with Crippen molar-refractivity contribution in [2.45, 2.75) is 12.3 Å². The molecule has 0 heterocycles. The van der Waals surface area contributed by atoms with Gasteiger partial charge in [-0.2, -0.15) is 0 Å². The van der Waals surface area contributed by atoms with Crippen LogP contribution in [-0.2, 0) is 10.6 Å². The maximum atomic E-state index is 6.04. The lowest BCUT2D eigenvalue weighted by atomic mass is 10.2. The van der Waals surface area contributed by atoms with Crippen molar-refractivity contribution in [2.24, 2.45) is 0 Å². The van der Waals surface area contributed by atoms with Gasteiger partial charge in [0, 0.05) is 30.5 Å². The van der Waals surface area contributed by atoms with E-state index in [1.54, 1.807) is 13.2 Å². The molecule has 16 heavy (non-hydrogen) atoms. The minimum atomic E-state index is 0.423. The molecular formula is C11H13BrCl2O2. The van der Waals surface area contributed by atoms with Gasteiger partial charge in [-0.05, 0) is 17.7 Å². The molecule has 0 radical (unpaired) electrons. The van der Waals surface area contributed by atoms with Gasteiger partial charge >= 0.3 is 0 Å². The Hall–Kier alpha value is 0.0400. The molecule has 0 saturated carbocycles. The van der Waals surface area contributed by atoms with E-state index in [4.69, 9.17) is 32.7 Å². The van der Waals surface area contributed by atoms with Crippen LogP contribution in [0.2, 0.25) is 5.02 Å². The minimum Gasteiger partial charge on any atom is -0.492 e. The van der Waals surface area contributed by atoms with Gasteiger partial charge < -0.3 is 9.47 Å². The Kier molecular flexibility index (Phi) is 6.51. The molecule has 0 N–H and O–H groups in total. The molecule has 0 aliphatic carbocycles. The molecule has 5 heteroatoms. The molecule has 2 nitrogen and oxygen atoms in total. The fourth-order valence-electron chi connectivity index (χ4n) is 1.17. The lowest BCUT2D eigenvalue weighted by Gasteiger charge is -2.10. The van der Waals surface area contributed by atoms with E-state index in [9.17, 15) is 0 Å². The third-order valence-electron chi connectivity index (χ3n) is 2.00. The maximum absolute atomic E-state index is 6.04. The highest BCUT2D eigenvalue weighted by atomic mass is 79.9. The summed E-state index contributed by atoms with van der Waals surface area (Å²) in [5.41, 5.74) is 0.966. The fraction of sp³-hybridized carbons (Fsp3) is 0.455. The average Bonchev–Trinajstić information content (AvgIpc) is 2.27. The first-order valence-corrected chi connectivity index (χ1v) is 6.55. The van der Waals surface area contributed by atoms with Crippen molar-refractivity contribution in [3.05, 3.63) is 27.2 Å². The van der Waals surface area contributed by atoms with E-state index in [2.05, 4.69) is 15.9 Å². The standard InChI is InChI=1S/C11H13BrCl2O2/c1-15-3-2-4-16-11-5-8(7-13)9(12)6-10(11)14/h5-6H,2-4,7H2,1H3. The van der Waals surface area contributed by atoms with Crippen LogP contribution in [0.1, 0.15) is 12.0 Å². The summed E-state index contributed by atoms with van der Waals surface area (Å²) in [6.07, 6.45) is 0.832. The van der Waals surface area contributed by atoms with Crippen molar-refractivity contribution < 1.29 is 9.47 Å². The Labute approximate surface area is 114 Å². The Morgan fingerprint density at radius 3 is 2.69 bits per heavy atom. The van der Waals surface area contributed by atoms with Gasteiger partial charge in [0.15, 0.2) is 0 Å². The highest BCUT2D eigenvalue weighted by Gasteiger charge is 2.07. The van der Waals surface area contributed by atoms with Crippen molar-refractivity contribution in [1.29, 1.82) is 0 Å². The summed E-state index contributed by atoms with van der Waals surface area (Å²) in [5.74, 6) is 1.09. The van der Waals surface area contributed by atoms with Crippen LogP contribution >= 0.6 is 39.1 Å². The van der Waals surface area contributed by atoms with E-state index in [1.165, 1.54) is 0 Å². The van der Waals surface area contributed by atoms with Crippen LogP contribution in [0.4, 0.5) is 0 Å². The Balaban J connectivity index is 2.64. The van der Waals surface area contributed by atoms with E-state index in [-0.39, 0.29) is 0 Å². The van der Waals surface area contributed by atoms with Crippen molar-refractivity contribution in [2.75, 3.05) is 20.3 Å².